The summed E-state index contributed by atoms with van der Waals surface area (Å²) in [4.78, 5) is 15.3. The summed E-state index contributed by atoms with van der Waals surface area (Å²) < 4.78 is 4.76. The van der Waals surface area contributed by atoms with Crippen LogP contribution in [0.2, 0.25) is 0 Å². The van der Waals surface area contributed by atoms with E-state index in [0.29, 0.717) is 17.5 Å². The molecule has 5 heteroatoms. The Morgan fingerprint density at radius 1 is 0.250 bits per heavy atom. The topological polar surface area (TPSA) is 48.5 Å². The van der Waals surface area contributed by atoms with Crippen LogP contribution in [0.25, 0.3) is 111 Å². The van der Waals surface area contributed by atoms with Gasteiger partial charge in [0.25, 0.3) is 0 Å². The van der Waals surface area contributed by atoms with Gasteiger partial charge in [-0.15, -0.1) is 0 Å². The highest BCUT2D eigenvalue weighted by atomic mass is 15.0. The molecule has 280 valence electrons. The minimum Gasteiger partial charge on any atom is -0.309 e. The maximum absolute atomic E-state index is 5.12. The van der Waals surface area contributed by atoms with Crippen molar-refractivity contribution in [3.8, 4) is 56.7 Å². The number of hydrogen-bond acceptors (Lipinski definition) is 3. The van der Waals surface area contributed by atoms with E-state index in [9.17, 15) is 0 Å². The molecule has 0 fully saturated rings. The molecule has 0 aliphatic carbocycles. The SMILES string of the molecule is c1ccc(-c2ccc(-c3nc(-c4ccc(-n5c6ccccc6c6ccc(-n7c8ccccc8c8ccccc87)cc65)cc4)nc(-c4ccc5ccccc5c4)n3)cc2)cc1. The molecule has 12 aromatic rings. The summed E-state index contributed by atoms with van der Waals surface area (Å²) in [6.07, 6.45) is 0. The second-order valence-electron chi connectivity index (χ2n) is 15.3. The lowest BCUT2D eigenvalue weighted by atomic mass is 10.0. The minimum atomic E-state index is 0.623. The molecule has 0 bridgehead atoms. The fourth-order valence-corrected chi connectivity index (χ4v) is 8.87. The van der Waals surface area contributed by atoms with E-state index in [2.05, 4.69) is 215 Å². The lowest BCUT2D eigenvalue weighted by Crippen LogP contribution is -2.01. The molecule has 0 spiro atoms. The van der Waals surface area contributed by atoms with Crippen LogP contribution in [0.15, 0.2) is 212 Å². The van der Waals surface area contributed by atoms with Gasteiger partial charge in [0.15, 0.2) is 17.5 Å². The summed E-state index contributed by atoms with van der Waals surface area (Å²) in [6, 6.07) is 75.2. The Kier molecular flexibility index (Phi) is 7.78. The van der Waals surface area contributed by atoms with Crippen molar-refractivity contribution >= 4 is 54.4 Å². The number of benzene rings is 9. The van der Waals surface area contributed by atoms with E-state index in [1.165, 1.54) is 43.5 Å². The second-order valence-corrected chi connectivity index (χ2v) is 15.3. The average Bonchev–Trinajstić information content (AvgIpc) is 3.84. The molecular weight excluding hydrogens is 731 g/mol. The highest BCUT2D eigenvalue weighted by Gasteiger charge is 2.18. The van der Waals surface area contributed by atoms with E-state index in [1.54, 1.807) is 0 Å². The van der Waals surface area contributed by atoms with Crippen LogP contribution >= 0.6 is 0 Å². The number of fused-ring (bicyclic) bond motifs is 7. The van der Waals surface area contributed by atoms with Crippen LogP contribution in [-0.4, -0.2) is 24.1 Å². The van der Waals surface area contributed by atoms with Gasteiger partial charge in [0.1, 0.15) is 0 Å². The Hall–Kier alpha value is -8.15. The molecule has 12 rings (SSSR count). The highest BCUT2D eigenvalue weighted by Crippen LogP contribution is 2.37. The molecule has 0 saturated heterocycles. The van der Waals surface area contributed by atoms with Crippen molar-refractivity contribution in [3.63, 3.8) is 0 Å². The van der Waals surface area contributed by atoms with E-state index < -0.39 is 0 Å². The normalized spacial score (nSPS) is 11.7. The van der Waals surface area contributed by atoms with Gasteiger partial charge in [-0.05, 0) is 82.6 Å². The van der Waals surface area contributed by atoms with Crippen molar-refractivity contribution < 1.29 is 0 Å². The summed E-state index contributed by atoms with van der Waals surface area (Å²) in [5.74, 6) is 1.89. The van der Waals surface area contributed by atoms with Crippen LogP contribution in [0.5, 0.6) is 0 Å². The Labute approximate surface area is 346 Å². The monoisotopic (exact) mass is 765 g/mol. The molecule has 0 N–H and O–H groups in total. The molecule has 0 aliphatic rings. The van der Waals surface area contributed by atoms with Gasteiger partial charge >= 0.3 is 0 Å². The average molecular weight is 766 g/mol. The largest absolute Gasteiger partial charge is 0.309 e. The summed E-state index contributed by atoms with van der Waals surface area (Å²) in [5.41, 5.74) is 12.0. The molecule has 5 nitrogen and oxygen atoms in total. The molecule has 3 aromatic heterocycles. The van der Waals surface area contributed by atoms with Gasteiger partial charge in [-0.2, -0.15) is 0 Å². The number of para-hydroxylation sites is 3. The van der Waals surface area contributed by atoms with Crippen molar-refractivity contribution in [2.75, 3.05) is 0 Å². The molecule has 0 atom stereocenters. The molecule has 0 aliphatic heterocycles. The maximum atomic E-state index is 5.12. The lowest BCUT2D eigenvalue weighted by molar-refractivity contribution is 1.07. The molecule has 0 amide bonds. The van der Waals surface area contributed by atoms with Crippen LogP contribution < -0.4 is 0 Å². The van der Waals surface area contributed by atoms with E-state index in [1.807, 2.05) is 6.07 Å². The van der Waals surface area contributed by atoms with Crippen molar-refractivity contribution in [1.82, 2.24) is 24.1 Å². The quantitative estimate of drug-likeness (QED) is 0.169. The first-order valence-corrected chi connectivity index (χ1v) is 20.3. The predicted molar refractivity (Wildman–Crippen MR) is 248 cm³/mol. The minimum absolute atomic E-state index is 0.623. The van der Waals surface area contributed by atoms with Crippen LogP contribution in [0, 0.1) is 0 Å². The third kappa shape index (κ3) is 5.59. The number of rotatable bonds is 6. The predicted octanol–water partition coefficient (Wildman–Crippen LogP) is 13.9. The second kappa shape index (κ2) is 13.8. The van der Waals surface area contributed by atoms with Gasteiger partial charge < -0.3 is 9.13 Å². The zero-order valence-corrected chi connectivity index (χ0v) is 32.4. The molecule has 0 unspecified atom stereocenters. The summed E-state index contributed by atoms with van der Waals surface area (Å²) in [6.45, 7) is 0. The smallest absolute Gasteiger partial charge is 0.164 e. The van der Waals surface area contributed by atoms with Crippen LogP contribution in [-0.2, 0) is 0 Å². The lowest BCUT2D eigenvalue weighted by Gasteiger charge is -2.12. The van der Waals surface area contributed by atoms with Crippen molar-refractivity contribution in [1.29, 1.82) is 0 Å². The van der Waals surface area contributed by atoms with Gasteiger partial charge in [-0.25, -0.2) is 15.0 Å². The van der Waals surface area contributed by atoms with Crippen LogP contribution in [0.4, 0.5) is 0 Å². The van der Waals surface area contributed by atoms with Gasteiger partial charge in [-0.1, -0.05) is 152 Å². The molecule has 0 saturated carbocycles. The number of nitrogens with zero attached hydrogens (tertiary/aromatic N) is 5. The molecule has 3 heterocycles. The number of hydrogen-bond donors (Lipinski definition) is 0. The highest BCUT2D eigenvalue weighted by molar-refractivity contribution is 6.12. The molecule has 60 heavy (non-hydrogen) atoms. The zero-order valence-electron chi connectivity index (χ0n) is 32.4. The van der Waals surface area contributed by atoms with E-state index >= 15 is 0 Å². The van der Waals surface area contributed by atoms with E-state index in [0.717, 1.165) is 50.0 Å². The fourth-order valence-electron chi connectivity index (χ4n) is 8.87. The third-order valence-corrected chi connectivity index (χ3v) is 11.8. The van der Waals surface area contributed by atoms with Gasteiger partial charge in [0.05, 0.1) is 22.1 Å². The van der Waals surface area contributed by atoms with Gasteiger partial charge in [0.2, 0.25) is 0 Å². The Morgan fingerprint density at radius 3 is 1.28 bits per heavy atom. The van der Waals surface area contributed by atoms with E-state index in [4.69, 9.17) is 15.0 Å². The molecule has 9 aromatic carbocycles. The Morgan fingerprint density at radius 2 is 0.667 bits per heavy atom. The Bertz CT molecular complexity index is 3530. The maximum Gasteiger partial charge on any atom is 0.164 e. The summed E-state index contributed by atoms with van der Waals surface area (Å²) >= 11 is 0. The standard InChI is InChI=1S/C55H35N5/c1-2-12-36(13-3-1)38-22-25-39(26-23-38)53-56-54(58-55(57-53)42-27-24-37-14-4-5-15-41(37)34-42)40-28-30-43(31-29-40)59-49-19-9-8-18-47(49)48-33-32-44(35-52(48)59)60-50-20-10-6-16-45(50)46-17-7-11-21-51(46)60/h1-35H. The third-order valence-electron chi connectivity index (χ3n) is 11.8. The van der Waals surface area contributed by atoms with Gasteiger partial charge in [-0.3, -0.25) is 0 Å². The van der Waals surface area contributed by atoms with Crippen molar-refractivity contribution in [2.45, 2.75) is 0 Å². The van der Waals surface area contributed by atoms with Crippen LogP contribution in [0.3, 0.4) is 0 Å². The Balaban J connectivity index is 0.990. The van der Waals surface area contributed by atoms with Crippen LogP contribution in [0.1, 0.15) is 0 Å². The summed E-state index contributed by atoms with van der Waals surface area (Å²) in [7, 11) is 0. The van der Waals surface area contributed by atoms with Crippen molar-refractivity contribution in [2.24, 2.45) is 0 Å². The first-order valence-electron chi connectivity index (χ1n) is 20.3. The zero-order chi connectivity index (χ0) is 39.6. The molecule has 0 radical (unpaired) electrons. The van der Waals surface area contributed by atoms with Crippen molar-refractivity contribution in [3.05, 3.63) is 212 Å². The fraction of sp³-hybridized carbons (Fsp3) is 0. The van der Waals surface area contributed by atoms with Gasteiger partial charge in [0, 0.05) is 49.6 Å². The molecular formula is C55H35N5. The van der Waals surface area contributed by atoms with E-state index in [-0.39, 0.29) is 0 Å². The summed E-state index contributed by atoms with van der Waals surface area (Å²) in [5, 5.41) is 7.24. The first kappa shape index (κ1) is 33.9. The number of aromatic nitrogens is 5. The first-order chi connectivity index (χ1) is 29.7.